The number of hydrogen-bond donors (Lipinski definition) is 0. The third kappa shape index (κ3) is 4.27. The molecular formula is C21H16F3N3O3. The number of aromatic nitrogens is 2. The lowest BCUT2D eigenvalue weighted by Gasteiger charge is -2.20. The number of alkyl halides is 3. The lowest BCUT2D eigenvalue weighted by atomic mass is 10.1. The standard InChI is InChI=1S/C21H16F3N3O3/c1-3-10-26(13-15-7-6-11-30-15)20(29)19-18(28)12-14(2)27(25-19)17-9-5-4-8-16(17)21(22,23)24/h1,4-9,11-12H,10,13H2,2H3. The van der Waals surface area contributed by atoms with E-state index in [2.05, 4.69) is 11.0 Å². The molecule has 154 valence electrons. The van der Waals surface area contributed by atoms with Crippen LogP contribution in [0, 0.1) is 19.3 Å². The summed E-state index contributed by atoms with van der Waals surface area (Å²) >= 11 is 0. The Morgan fingerprint density at radius 1 is 1.27 bits per heavy atom. The number of terminal acetylenes is 1. The van der Waals surface area contributed by atoms with Gasteiger partial charge >= 0.3 is 6.18 Å². The number of nitrogens with zero attached hydrogens (tertiary/aromatic N) is 3. The molecule has 0 aliphatic heterocycles. The first-order chi connectivity index (χ1) is 14.2. The van der Waals surface area contributed by atoms with Crippen LogP contribution >= 0.6 is 0 Å². The van der Waals surface area contributed by atoms with Gasteiger partial charge in [-0.15, -0.1) is 6.42 Å². The molecule has 0 saturated heterocycles. The van der Waals surface area contributed by atoms with Crippen molar-refractivity contribution < 1.29 is 22.4 Å². The van der Waals surface area contributed by atoms with Crippen molar-refractivity contribution in [1.82, 2.24) is 14.7 Å². The number of halogens is 3. The largest absolute Gasteiger partial charge is 0.467 e. The average Bonchev–Trinajstić information content (AvgIpc) is 3.20. The summed E-state index contributed by atoms with van der Waals surface area (Å²) < 4.78 is 46.4. The lowest BCUT2D eigenvalue weighted by Crippen LogP contribution is -2.36. The molecule has 2 heterocycles. The molecule has 0 atom stereocenters. The maximum atomic E-state index is 13.4. The number of rotatable bonds is 5. The van der Waals surface area contributed by atoms with E-state index in [1.807, 2.05) is 0 Å². The molecule has 0 unspecified atom stereocenters. The molecule has 0 saturated carbocycles. The van der Waals surface area contributed by atoms with Crippen molar-refractivity contribution in [3.63, 3.8) is 0 Å². The first kappa shape index (κ1) is 20.9. The van der Waals surface area contributed by atoms with Crippen molar-refractivity contribution in [3.05, 3.63) is 81.7 Å². The molecule has 30 heavy (non-hydrogen) atoms. The van der Waals surface area contributed by atoms with Gasteiger partial charge in [0.2, 0.25) is 5.43 Å². The summed E-state index contributed by atoms with van der Waals surface area (Å²) in [5, 5.41) is 3.96. The number of aryl methyl sites for hydroxylation is 1. The number of benzene rings is 1. The lowest BCUT2D eigenvalue weighted by molar-refractivity contribution is -0.137. The average molecular weight is 415 g/mol. The molecule has 2 aromatic heterocycles. The molecule has 0 aliphatic carbocycles. The smallest absolute Gasteiger partial charge is 0.418 e. The van der Waals surface area contributed by atoms with Crippen LogP contribution in [0.2, 0.25) is 0 Å². The Hall–Kier alpha value is -3.80. The summed E-state index contributed by atoms with van der Waals surface area (Å²) in [4.78, 5) is 26.5. The molecular weight excluding hydrogens is 399 g/mol. The molecule has 0 aliphatic rings. The molecule has 3 rings (SSSR count). The van der Waals surface area contributed by atoms with Gasteiger partial charge in [0.15, 0.2) is 5.69 Å². The zero-order chi connectivity index (χ0) is 21.9. The molecule has 0 radical (unpaired) electrons. The fourth-order valence-electron chi connectivity index (χ4n) is 2.89. The van der Waals surface area contributed by atoms with E-state index in [4.69, 9.17) is 10.8 Å². The van der Waals surface area contributed by atoms with Gasteiger partial charge in [-0.3, -0.25) is 9.59 Å². The fourth-order valence-corrected chi connectivity index (χ4v) is 2.89. The van der Waals surface area contributed by atoms with Crippen molar-refractivity contribution in [2.24, 2.45) is 0 Å². The van der Waals surface area contributed by atoms with Crippen LogP contribution in [0.5, 0.6) is 0 Å². The minimum Gasteiger partial charge on any atom is -0.467 e. The Morgan fingerprint density at radius 3 is 2.63 bits per heavy atom. The van der Waals surface area contributed by atoms with Crippen LogP contribution in [0.25, 0.3) is 5.69 Å². The zero-order valence-corrected chi connectivity index (χ0v) is 15.8. The van der Waals surface area contributed by atoms with E-state index < -0.39 is 28.8 Å². The Bertz CT molecular complexity index is 1160. The zero-order valence-electron chi connectivity index (χ0n) is 15.8. The van der Waals surface area contributed by atoms with E-state index >= 15 is 0 Å². The fraction of sp³-hybridized carbons (Fsp3) is 0.190. The molecule has 1 aromatic carbocycles. The van der Waals surface area contributed by atoms with Gasteiger partial charge in [-0.25, -0.2) is 4.68 Å². The maximum Gasteiger partial charge on any atom is 0.418 e. The first-order valence-electron chi connectivity index (χ1n) is 8.75. The number of hydrogen-bond acceptors (Lipinski definition) is 4. The number of carbonyl (C=O) groups excluding carboxylic acids is 1. The summed E-state index contributed by atoms with van der Waals surface area (Å²) in [5.41, 5.74) is -2.37. The van der Waals surface area contributed by atoms with Crippen LogP contribution in [0.3, 0.4) is 0 Å². The molecule has 0 N–H and O–H groups in total. The normalized spacial score (nSPS) is 11.2. The molecule has 0 spiro atoms. The van der Waals surface area contributed by atoms with E-state index in [0.717, 1.165) is 21.7 Å². The predicted octanol–water partition coefficient (Wildman–Crippen LogP) is 3.43. The topological polar surface area (TPSA) is 68.3 Å². The molecule has 1 amide bonds. The monoisotopic (exact) mass is 415 g/mol. The van der Waals surface area contributed by atoms with Crippen LogP contribution in [-0.4, -0.2) is 27.1 Å². The van der Waals surface area contributed by atoms with E-state index in [-0.39, 0.29) is 24.5 Å². The molecule has 3 aromatic rings. The molecule has 9 heteroatoms. The van der Waals surface area contributed by atoms with Crippen LogP contribution in [0.1, 0.15) is 27.5 Å². The van der Waals surface area contributed by atoms with E-state index in [1.165, 1.54) is 31.4 Å². The summed E-state index contributed by atoms with van der Waals surface area (Å²) in [6, 6.07) is 9.08. The number of furan rings is 1. The van der Waals surface area contributed by atoms with Gasteiger partial charge in [0.25, 0.3) is 5.91 Å². The van der Waals surface area contributed by atoms with Crippen LogP contribution < -0.4 is 5.43 Å². The summed E-state index contributed by atoms with van der Waals surface area (Å²) in [7, 11) is 0. The minimum absolute atomic E-state index is 0.0236. The van der Waals surface area contributed by atoms with Gasteiger partial charge < -0.3 is 9.32 Å². The highest BCUT2D eigenvalue weighted by Gasteiger charge is 2.34. The van der Waals surface area contributed by atoms with E-state index in [9.17, 15) is 22.8 Å². The van der Waals surface area contributed by atoms with Gasteiger partial charge in [0, 0.05) is 11.8 Å². The number of para-hydroxylation sites is 1. The summed E-state index contributed by atoms with van der Waals surface area (Å²) in [6.45, 7) is 1.26. The Morgan fingerprint density at radius 2 is 2.00 bits per heavy atom. The maximum absolute atomic E-state index is 13.4. The first-order valence-corrected chi connectivity index (χ1v) is 8.75. The van der Waals surface area contributed by atoms with Gasteiger partial charge in [0.1, 0.15) is 5.76 Å². The van der Waals surface area contributed by atoms with Crippen molar-refractivity contribution in [2.45, 2.75) is 19.6 Å². The Balaban J connectivity index is 2.09. The van der Waals surface area contributed by atoms with Gasteiger partial charge in [-0.1, -0.05) is 18.1 Å². The number of amides is 1. The summed E-state index contributed by atoms with van der Waals surface area (Å²) in [5.74, 6) is 1.93. The highest BCUT2D eigenvalue weighted by molar-refractivity contribution is 5.92. The Labute approximate surface area is 169 Å². The highest BCUT2D eigenvalue weighted by atomic mass is 19.4. The third-order valence-corrected chi connectivity index (χ3v) is 4.24. The molecule has 0 bridgehead atoms. The van der Waals surface area contributed by atoms with Crippen molar-refractivity contribution in [2.75, 3.05) is 6.54 Å². The molecule has 0 fully saturated rings. The predicted molar refractivity (Wildman–Crippen MR) is 102 cm³/mol. The highest BCUT2D eigenvalue weighted by Crippen LogP contribution is 2.33. The quantitative estimate of drug-likeness (QED) is 0.599. The van der Waals surface area contributed by atoms with Crippen molar-refractivity contribution >= 4 is 5.91 Å². The Kier molecular flexibility index (Phi) is 5.78. The molecule has 6 nitrogen and oxygen atoms in total. The second-order valence-electron chi connectivity index (χ2n) is 6.37. The van der Waals surface area contributed by atoms with Crippen molar-refractivity contribution in [3.8, 4) is 18.0 Å². The van der Waals surface area contributed by atoms with Gasteiger partial charge in [-0.05, 0) is 31.2 Å². The second kappa shape index (κ2) is 8.29. The van der Waals surface area contributed by atoms with E-state index in [1.54, 1.807) is 12.1 Å². The second-order valence-corrected chi connectivity index (χ2v) is 6.37. The minimum atomic E-state index is -4.65. The SMILES string of the molecule is C#CCN(Cc1ccco1)C(=O)c1nn(-c2ccccc2C(F)(F)F)c(C)cc1=O. The van der Waals surface area contributed by atoms with Gasteiger partial charge in [0.05, 0.1) is 30.6 Å². The van der Waals surface area contributed by atoms with Crippen LogP contribution in [0.4, 0.5) is 13.2 Å². The number of carbonyl (C=O) groups is 1. The summed E-state index contributed by atoms with van der Waals surface area (Å²) in [6.07, 6.45) is 2.09. The third-order valence-electron chi connectivity index (χ3n) is 4.24. The van der Waals surface area contributed by atoms with Gasteiger partial charge in [-0.2, -0.15) is 18.3 Å². The van der Waals surface area contributed by atoms with Crippen molar-refractivity contribution in [1.29, 1.82) is 0 Å². The van der Waals surface area contributed by atoms with E-state index in [0.29, 0.717) is 5.76 Å². The van der Waals surface area contributed by atoms with Crippen LogP contribution in [-0.2, 0) is 12.7 Å². The van der Waals surface area contributed by atoms with Crippen LogP contribution in [0.15, 0.2) is 57.9 Å².